The minimum atomic E-state index is -0.703. The maximum Gasteiger partial charge on any atom is 0.361 e. The Labute approximate surface area is 133 Å². The van der Waals surface area contributed by atoms with Gasteiger partial charge in [-0.3, -0.25) is 5.84 Å². The number of hydrogen-bond donors (Lipinski definition) is 3. The number of nitrogens with two attached hydrogens (primary N) is 2. The second-order valence-electron chi connectivity index (χ2n) is 4.62. The smallest absolute Gasteiger partial charge is 0.361 e. The Morgan fingerprint density at radius 1 is 1.45 bits per heavy atom. The van der Waals surface area contributed by atoms with Crippen LogP contribution in [0.5, 0.6) is 11.5 Å². The first-order valence-electron chi connectivity index (χ1n) is 6.82. The van der Waals surface area contributed by atoms with Gasteiger partial charge >= 0.3 is 5.97 Å². The average molecular weight is 328 g/mol. The molecule has 2 rings (SSSR count). The molecular formula is C14H18ClN3O4. The molecular weight excluding hydrogens is 310 g/mol. The number of nitrogens with one attached hydrogen (secondary N) is 1. The predicted molar refractivity (Wildman–Crippen MR) is 80.9 cm³/mol. The molecule has 0 heterocycles. The molecule has 1 saturated carbocycles. The van der Waals surface area contributed by atoms with Gasteiger partial charge in [-0.1, -0.05) is 11.6 Å². The molecule has 0 bridgehead atoms. The molecule has 1 aliphatic rings. The van der Waals surface area contributed by atoms with E-state index < -0.39 is 5.97 Å². The number of benzene rings is 1. The third-order valence-electron chi connectivity index (χ3n) is 2.82. The van der Waals surface area contributed by atoms with Crippen LogP contribution in [0.1, 0.15) is 19.8 Å². The molecule has 22 heavy (non-hydrogen) atoms. The maximum absolute atomic E-state index is 11.7. The van der Waals surface area contributed by atoms with Crippen molar-refractivity contribution in [3.8, 4) is 11.5 Å². The molecule has 0 aromatic heterocycles. The summed E-state index contributed by atoms with van der Waals surface area (Å²) in [5.41, 5.74) is 7.74. The summed E-state index contributed by atoms with van der Waals surface area (Å²) in [6, 6.07) is 4.84. The second kappa shape index (κ2) is 7.24. The summed E-state index contributed by atoms with van der Waals surface area (Å²) in [5.74, 6) is 5.24. The van der Waals surface area contributed by atoms with Crippen LogP contribution < -0.4 is 26.5 Å². The third-order valence-corrected chi connectivity index (χ3v) is 3.13. The van der Waals surface area contributed by atoms with Crippen molar-refractivity contribution in [2.75, 3.05) is 6.61 Å². The molecule has 0 amide bonds. The molecule has 1 aromatic carbocycles. The van der Waals surface area contributed by atoms with Gasteiger partial charge in [0, 0.05) is 6.07 Å². The SMILES string of the molecule is CCOC(=O)/C(NN)=C(/N)Oc1ccc(Cl)c(OC2CC2)c1. The number of hydrazine groups is 1. The van der Waals surface area contributed by atoms with Crippen molar-refractivity contribution in [2.24, 2.45) is 11.6 Å². The topological polar surface area (TPSA) is 109 Å². The molecule has 0 atom stereocenters. The quantitative estimate of drug-likeness (QED) is 0.228. The van der Waals surface area contributed by atoms with E-state index in [1.165, 1.54) is 0 Å². The van der Waals surface area contributed by atoms with Crippen LogP contribution in [0, 0.1) is 0 Å². The fraction of sp³-hybridized carbons (Fsp3) is 0.357. The van der Waals surface area contributed by atoms with Crippen molar-refractivity contribution in [2.45, 2.75) is 25.9 Å². The van der Waals surface area contributed by atoms with E-state index in [4.69, 9.17) is 37.4 Å². The van der Waals surface area contributed by atoms with Gasteiger partial charge in [-0.05, 0) is 31.9 Å². The van der Waals surface area contributed by atoms with Gasteiger partial charge in [0.25, 0.3) is 0 Å². The largest absolute Gasteiger partial charge is 0.489 e. The zero-order chi connectivity index (χ0) is 16.1. The third kappa shape index (κ3) is 4.19. The lowest BCUT2D eigenvalue weighted by Crippen LogP contribution is -2.32. The minimum absolute atomic E-state index is 0.165. The van der Waals surface area contributed by atoms with Crippen LogP contribution in [0.3, 0.4) is 0 Å². The summed E-state index contributed by atoms with van der Waals surface area (Å²) in [6.07, 6.45) is 2.21. The highest BCUT2D eigenvalue weighted by molar-refractivity contribution is 6.32. The number of halogens is 1. The average Bonchev–Trinajstić information content (AvgIpc) is 3.27. The summed E-state index contributed by atoms with van der Waals surface area (Å²) in [6.45, 7) is 1.86. The number of carbonyl (C=O) groups is 1. The van der Waals surface area contributed by atoms with E-state index in [1.807, 2.05) is 0 Å². The van der Waals surface area contributed by atoms with Gasteiger partial charge in [-0.25, -0.2) is 4.79 Å². The Balaban J connectivity index is 2.15. The van der Waals surface area contributed by atoms with Gasteiger partial charge in [0.2, 0.25) is 5.88 Å². The zero-order valence-corrected chi connectivity index (χ0v) is 12.9. The molecule has 8 heteroatoms. The van der Waals surface area contributed by atoms with Gasteiger partial charge in [0.1, 0.15) is 11.5 Å². The fourth-order valence-electron chi connectivity index (χ4n) is 1.61. The Hall–Kier alpha value is -2.12. The lowest BCUT2D eigenvalue weighted by molar-refractivity contribution is -0.139. The minimum Gasteiger partial charge on any atom is -0.489 e. The van der Waals surface area contributed by atoms with Crippen LogP contribution in [-0.2, 0) is 9.53 Å². The lowest BCUT2D eigenvalue weighted by Gasteiger charge is -2.13. The molecule has 120 valence electrons. The molecule has 0 unspecified atom stereocenters. The van der Waals surface area contributed by atoms with Crippen LogP contribution in [0.15, 0.2) is 29.8 Å². The fourth-order valence-corrected chi connectivity index (χ4v) is 1.78. The van der Waals surface area contributed by atoms with Gasteiger partial charge in [-0.2, -0.15) is 0 Å². The van der Waals surface area contributed by atoms with Crippen LogP contribution in [0.25, 0.3) is 0 Å². The molecule has 0 radical (unpaired) electrons. The van der Waals surface area contributed by atoms with Crippen molar-refractivity contribution in [3.63, 3.8) is 0 Å². The highest BCUT2D eigenvalue weighted by Gasteiger charge is 2.25. The first-order valence-corrected chi connectivity index (χ1v) is 7.20. The number of hydrogen-bond acceptors (Lipinski definition) is 7. The maximum atomic E-state index is 11.7. The first kappa shape index (κ1) is 16.3. The van der Waals surface area contributed by atoms with Gasteiger partial charge in [0.05, 0.1) is 17.7 Å². The summed E-state index contributed by atoms with van der Waals surface area (Å²) >= 11 is 6.06. The number of esters is 1. The highest BCUT2D eigenvalue weighted by atomic mass is 35.5. The van der Waals surface area contributed by atoms with E-state index in [1.54, 1.807) is 25.1 Å². The van der Waals surface area contributed by atoms with E-state index in [0.717, 1.165) is 12.8 Å². The first-order chi connectivity index (χ1) is 10.5. The Morgan fingerprint density at radius 2 is 2.18 bits per heavy atom. The van der Waals surface area contributed by atoms with E-state index >= 15 is 0 Å². The van der Waals surface area contributed by atoms with Gasteiger partial charge < -0.3 is 25.4 Å². The zero-order valence-electron chi connectivity index (χ0n) is 12.1. The standard InChI is InChI=1S/C14H18ClN3O4/c1-2-20-14(19)12(18-17)13(16)22-9-5-6-10(15)11(7-9)21-8-3-4-8/h5-8,18H,2-4,16-17H2,1H3/b13-12+. The lowest BCUT2D eigenvalue weighted by atomic mass is 10.3. The molecule has 7 nitrogen and oxygen atoms in total. The summed E-state index contributed by atoms with van der Waals surface area (Å²) in [7, 11) is 0. The molecule has 0 saturated heterocycles. The Kier molecular flexibility index (Phi) is 5.35. The van der Waals surface area contributed by atoms with E-state index in [-0.39, 0.29) is 24.3 Å². The van der Waals surface area contributed by atoms with Crippen molar-refractivity contribution in [1.29, 1.82) is 0 Å². The van der Waals surface area contributed by atoms with Crippen LogP contribution in [0.4, 0.5) is 0 Å². The van der Waals surface area contributed by atoms with E-state index in [9.17, 15) is 4.79 Å². The predicted octanol–water partition coefficient (Wildman–Crippen LogP) is 1.41. The van der Waals surface area contributed by atoms with E-state index in [2.05, 4.69) is 5.43 Å². The summed E-state index contributed by atoms with van der Waals surface area (Å²) in [4.78, 5) is 11.7. The Morgan fingerprint density at radius 3 is 2.77 bits per heavy atom. The van der Waals surface area contributed by atoms with Crippen LogP contribution >= 0.6 is 11.6 Å². The van der Waals surface area contributed by atoms with Crippen molar-refractivity contribution in [1.82, 2.24) is 5.43 Å². The monoisotopic (exact) mass is 327 g/mol. The number of rotatable bonds is 7. The molecule has 5 N–H and O–H groups in total. The molecule has 0 aliphatic heterocycles. The van der Waals surface area contributed by atoms with Crippen molar-refractivity contribution in [3.05, 3.63) is 34.8 Å². The van der Waals surface area contributed by atoms with Crippen LogP contribution in [-0.4, -0.2) is 18.7 Å². The normalized spacial score (nSPS) is 14.9. The van der Waals surface area contributed by atoms with Crippen molar-refractivity contribution < 1.29 is 19.0 Å². The Bertz CT molecular complexity index is 587. The number of ether oxygens (including phenoxy) is 3. The summed E-state index contributed by atoms with van der Waals surface area (Å²) in [5, 5.41) is 0.476. The van der Waals surface area contributed by atoms with Gasteiger partial charge in [-0.15, -0.1) is 0 Å². The van der Waals surface area contributed by atoms with E-state index in [0.29, 0.717) is 16.5 Å². The molecule has 1 aromatic rings. The van der Waals surface area contributed by atoms with Crippen molar-refractivity contribution >= 4 is 17.6 Å². The molecule has 1 fully saturated rings. The second-order valence-corrected chi connectivity index (χ2v) is 5.02. The number of carbonyl (C=O) groups excluding carboxylic acids is 1. The molecule has 1 aliphatic carbocycles. The summed E-state index contributed by atoms with van der Waals surface area (Å²) < 4.78 is 15.9. The van der Waals surface area contributed by atoms with Crippen LogP contribution in [0.2, 0.25) is 5.02 Å². The van der Waals surface area contributed by atoms with Gasteiger partial charge in [0.15, 0.2) is 5.70 Å². The highest BCUT2D eigenvalue weighted by Crippen LogP contribution is 2.34. The molecule has 0 spiro atoms.